The average Bonchev–Trinajstić information content (AvgIpc) is 2.63. The Kier molecular flexibility index (Phi) is 13.6. The molecular formula is C13H21NNa2O14S. The first kappa shape index (κ1) is 32.0. The fourth-order valence-corrected chi connectivity index (χ4v) is 3.48. The second-order valence-corrected chi connectivity index (χ2v) is 7.33. The molecule has 0 bridgehead atoms. The minimum Gasteiger partial charge on any atom is -0.726 e. The predicted molar refractivity (Wildman–Crippen MR) is 81.9 cm³/mol. The molecule has 0 saturated carbocycles. The molecule has 0 radical (unpaired) electrons. The number of aliphatic carboxylic acids is 1. The number of aliphatic hydroxyl groups excluding tert-OH is 4. The third-order valence-corrected chi connectivity index (χ3v) is 4.89. The van der Waals surface area contributed by atoms with Gasteiger partial charge in [0.25, 0.3) is 0 Å². The maximum absolute atomic E-state index is 11.1. The zero-order valence-electron chi connectivity index (χ0n) is 16.8. The van der Waals surface area contributed by atoms with E-state index in [-0.39, 0.29) is 59.1 Å². The van der Waals surface area contributed by atoms with Crippen LogP contribution in [0.2, 0.25) is 0 Å². The standard InChI is InChI=1S/C13H23NO14S.2Na/c1-24-12-4(14)5(16)8(3(2-15)25-12)26-13-10(28-29(21,22)23)7(18)6(17)9(27-13)11(19)20;;/h3-10,12-13,15-18H,2,14H2,1H3,(H,19,20)(H,21,22,23);;/q;2*+1/p-2/t3-,4-,5-,6+,7+,8-,9-,10-,12+,13-;;/m1../s1. The Labute approximate surface area is 221 Å². The smallest absolute Gasteiger partial charge is 0.726 e. The Balaban J connectivity index is 0.00000450. The summed E-state index contributed by atoms with van der Waals surface area (Å²) >= 11 is 0. The normalized spacial score (nSPS) is 41.0. The van der Waals surface area contributed by atoms with Gasteiger partial charge >= 0.3 is 59.1 Å². The van der Waals surface area contributed by atoms with Crippen LogP contribution in [0.4, 0.5) is 0 Å². The van der Waals surface area contributed by atoms with Crippen LogP contribution in [0.5, 0.6) is 0 Å². The van der Waals surface area contributed by atoms with E-state index in [4.69, 9.17) is 24.7 Å². The summed E-state index contributed by atoms with van der Waals surface area (Å²) in [6.07, 6.45) is -16.8. The van der Waals surface area contributed by atoms with E-state index in [1.807, 2.05) is 0 Å². The molecule has 18 heteroatoms. The maximum atomic E-state index is 11.1. The molecule has 31 heavy (non-hydrogen) atoms. The van der Waals surface area contributed by atoms with Crippen LogP contribution in [0.3, 0.4) is 0 Å². The van der Waals surface area contributed by atoms with Crippen molar-refractivity contribution in [2.45, 2.75) is 61.3 Å². The van der Waals surface area contributed by atoms with Crippen LogP contribution in [-0.4, -0.2) is 114 Å². The number of carbonyl (C=O) groups is 1. The second kappa shape index (κ2) is 13.2. The summed E-state index contributed by atoms with van der Waals surface area (Å²) in [5.41, 5.74) is 5.73. The molecular weight excluding hydrogens is 472 g/mol. The molecule has 2 aliphatic rings. The molecule has 0 spiro atoms. The predicted octanol–water partition coefficient (Wildman–Crippen LogP) is -12.5. The number of ether oxygens (including phenoxy) is 4. The number of rotatable bonds is 7. The fourth-order valence-electron chi connectivity index (χ4n) is 3.00. The van der Waals surface area contributed by atoms with Gasteiger partial charge in [-0.1, -0.05) is 0 Å². The third kappa shape index (κ3) is 7.74. The van der Waals surface area contributed by atoms with Crippen LogP contribution < -0.4 is 70.0 Å². The molecule has 6 N–H and O–H groups in total. The Hall–Kier alpha value is 0.980. The summed E-state index contributed by atoms with van der Waals surface area (Å²) in [6.45, 7) is -0.762. The number of carboxylic acid groups (broad SMARTS) is 1. The molecule has 2 rings (SSSR count). The van der Waals surface area contributed by atoms with Crippen molar-refractivity contribution in [3.05, 3.63) is 0 Å². The molecule has 0 aromatic heterocycles. The summed E-state index contributed by atoms with van der Waals surface area (Å²) < 4.78 is 57.4. The molecule has 0 aromatic carbocycles. The number of nitrogens with two attached hydrogens (primary N) is 1. The number of methoxy groups -OCH3 is 1. The Bertz CT molecular complexity index is 683. The van der Waals surface area contributed by atoms with E-state index in [9.17, 15) is 43.3 Å². The number of carbonyl (C=O) groups excluding carboxylic acids is 1. The van der Waals surface area contributed by atoms with Crippen molar-refractivity contribution >= 4 is 16.4 Å². The van der Waals surface area contributed by atoms with Crippen molar-refractivity contribution in [2.75, 3.05) is 13.7 Å². The van der Waals surface area contributed by atoms with E-state index >= 15 is 0 Å². The van der Waals surface area contributed by atoms with Crippen LogP contribution in [-0.2, 0) is 38.3 Å². The molecule has 10 atom stereocenters. The van der Waals surface area contributed by atoms with E-state index in [1.54, 1.807) is 0 Å². The van der Waals surface area contributed by atoms with Gasteiger partial charge < -0.3 is 59.6 Å². The minimum atomic E-state index is -5.48. The first-order chi connectivity index (χ1) is 13.4. The Morgan fingerprint density at radius 3 is 2.10 bits per heavy atom. The Morgan fingerprint density at radius 2 is 1.65 bits per heavy atom. The number of hydrogen-bond acceptors (Lipinski definition) is 15. The maximum Gasteiger partial charge on any atom is 1.00 e. The van der Waals surface area contributed by atoms with E-state index < -0.39 is 84.3 Å². The van der Waals surface area contributed by atoms with Gasteiger partial charge in [0.15, 0.2) is 18.7 Å². The SMILES string of the molecule is CO[C@H]1O[C@H](CO)[C@@H](O[C@@H]2O[C@@H](C(=O)[O-])[C@@H](O)[C@H](O)[C@H]2OS(=O)(=O)[O-])[C@H](O)[C@H]1N.[Na+].[Na+]. The fraction of sp³-hybridized carbons (Fsp3) is 0.923. The van der Waals surface area contributed by atoms with Gasteiger partial charge in [-0.25, -0.2) is 8.42 Å². The van der Waals surface area contributed by atoms with E-state index in [0.29, 0.717) is 0 Å². The monoisotopic (exact) mass is 493 g/mol. The van der Waals surface area contributed by atoms with E-state index in [1.165, 1.54) is 7.11 Å². The summed E-state index contributed by atoms with van der Waals surface area (Å²) in [4.78, 5) is 11.1. The van der Waals surface area contributed by atoms with Gasteiger partial charge in [0.1, 0.15) is 36.6 Å². The Morgan fingerprint density at radius 1 is 1.06 bits per heavy atom. The number of carboxylic acids is 1. The molecule has 15 nitrogen and oxygen atoms in total. The molecule has 2 aliphatic heterocycles. The number of aliphatic hydroxyl groups is 4. The van der Waals surface area contributed by atoms with Gasteiger partial charge in [-0.15, -0.1) is 0 Å². The molecule has 170 valence electrons. The van der Waals surface area contributed by atoms with Crippen molar-refractivity contribution < 1.29 is 126 Å². The van der Waals surface area contributed by atoms with Crippen molar-refractivity contribution in [3.63, 3.8) is 0 Å². The zero-order chi connectivity index (χ0) is 22.1. The first-order valence-corrected chi connectivity index (χ1v) is 9.49. The van der Waals surface area contributed by atoms with Crippen LogP contribution in [0.15, 0.2) is 0 Å². The second-order valence-electron chi connectivity index (χ2n) is 6.32. The van der Waals surface area contributed by atoms with Gasteiger partial charge in [0.2, 0.25) is 10.4 Å². The summed E-state index contributed by atoms with van der Waals surface area (Å²) in [6, 6.07) is -1.23. The quantitative estimate of drug-likeness (QED) is 0.125. The molecule has 0 aliphatic carbocycles. The zero-order valence-corrected chi connectivity index (χ0v) is 21.7. The van der Waals surface area contributed by atoms with Crippen LogP contribution >= 0.6 is 0 Å². The molecule has 0 unspecified atom stereocenters. The molecule has 2 saturated heterocycles. The van der Waals surface area contributed by atoms with Crippen molar-refractivity contribution in [1.82, 2.24) is 0 Å². The summed E-state index contributed by atoms with van der Waals surface area (Å²) in [5.74, 6) is -2.00. The van der Waals surface area contributed by atoms with Crippen molar-refractivity contribution in [3.8, 4) is 0 Å². The van der Waals surface area contributed by atoms with Crippen LogP contribution in [0.1, 0.15) is 0 Å². The third-order valence-electron chi connectivity index (χ3n) is 4.43. The van der Waals surface area contributed by atoms with Gasteiger partial charge in [-0.3, -0.25) is 4.18 Å². The molecule has 2 fully saturated rings. The van der Waals surface area contributed by atoms with E-state index in [0.717, 1.165) is 0 Å². The van der Waals surface area contributed by atoms with Gasteiger partial charge in [0.05, 0.1) is 18.6 Å². The minimum absolute atomic E-state index is 0. The van der Waals surface area contributed by atoms with Crippen LogP contribution in [0.25, 0.3) is 0 Å². The first-order valence-electron chi connectivity index (χ1n) is 8.16. The summed E-state index contributed by atoms with van der Waals surface area (Å²) in [5, 5.41) is 50.7. The molecule has 0 aromatic rings. The number of hydrogen-bond donors (Lipinski definition) is 5. The van der Waals surface area contributed by atoms with Crippen molar-refractivity contribution in [1.29, 1.82) is 0 Å². The topological polar surface area (TPSA) is 250 Å². The average molecular weight is 493 g/mol. The van der Waals surface area contributed by atoms with Crippen LogP contribution in [0, 0.1) is 0 Å². The van der Waals surface area contributed by atoms with Crippen molar-refractivity contribution in [2.24, 2.45) is 5.73 Å². The van der Waals surface area contributed by atoms with E-state index in [2.05, 4.69) is 4.18 Å². The summed E-state index contributed by atoms with van der Waals surface area (Å²) in [7, 11) is -4.27. The van der Waals surface area contributed by atoms with Gasteiger partial charge in [0, 0.05) is 7.11 Å². The molecule has 0 amide bonds. The molecule has 2 heterocycles. The largest absolute Gasteiger partial charge is 1.00 e. The van der Waals surface area contributed by atoms with Gasteiger partial charge in [-0.2, -0.15) is 0 Å². The van der Waals surface area contributed by atoms with Gasteiger partial charge in [-0.05, 0) is 0 Å².